The number of amides is 1. The summed E-state index contributed by atoms with van der Waals surface area (Å²) in [5.74, 6) is -0.336. The Kier molecular flexibility index (Phi) is 4.92. The molecule has 2 heterocycles. The molecule has 4 nitrogen and oxygen atoms in total. The first kappa shape index (κ1) is 17.3. The summed E-state index contributed by atoms with van der Waals surface area (Å²) < 4.78 is 45.0. The van der Waals surface area contributed by atoms with Crippen LogP contribution < -0.4 is 0 Å². The van der Waals surface area contributed by atoms with Crippen molar-refractivity contribution >= 4 is 6.09 Å². The molecule has 1 fully saturated rings. The van der Waals surface area contributed by atoms with Crippen LogP contribution in [-0.2, 0) is 11.3 Å². The van der Waals surface area contributed by atoms with Crippen molar-refractivity contribution in [2.75, 3.05) is 13.2 Å². The van der Waals surface area contributed by atoms with Crippen LogP contribution in [-0.4, -0.2) is 29.1 Å². The average molecular weight is 350 g/mol. The Bertz CT molecular complexity index is 796. The first-order valence-electron chi connectivity index (χ1n) is 7.91. The number of cyclic esters (lactones) is 1. The lowest BCUT2D eigenvalue weighted by Crippen LogP contribution is -2.37. The number of alkyl halides is 2. The van der Waals surface area contributed by atoms with E-state index in [1.807, 2.05) is 0 Å². The fourth-order valence-corrected chi connectivity index (χ4v) is 2.77. The van der Waals surface area contributed by atoms with Gasteiger partial charge >= 0.3 is 6.09 Å². The first-order valence-corrected chi connectivity index (χ1v) is 7.91. The fourth-order valence-electron chi connectivity index (χ4n) is 2.77. The standard InChI is InChI=1S/C18H17F3N2O2/c1-11-7-12(3-4-15(11)19)13-8-14(16(17(20)21)22-9-13)10-23-5-2-6-25-18(23)24/h3-4,7-9,17H,2,5-6,10H2,1H3. The number of halogens is 3. The lowest BCUT2D eigenvalue weighted by atomic mass is 10.0. The second kappa shape index (κ2) is 7.13. The van der Waals surface area contributed by atoms with Crippen molar-refractivity contribution in [2.24, 2.45) is 0 Å². The highest BCUT2D eigenvalue weighted by molar-refractivity contribution is 5.69. The van der Waals surface area contributed by atoms with E-state index in [4.69, 9.17) is 4.74 Å². The van der Waals surface area contributed by atoms with Crippen molar-refractivity contribution in [1.29, 1.82) is 0 Å². The van der Waals surface area contributed by atoms with Gasteiger partial charge < -0.3 is 9.64 Å². The minimum Gasteiger partial charge on any atom is -0.449 e. The molecule has 0 aliphatic carbocycles. The third kappa shape index (κ3) is 3.75. The van der Waals surface area contributed by atoms with Gasteiger partial charge in [-0.1, -0.05) is 6.07 Å². The number of carbonyl (C=O) groups excluding carboxylic acids is 1. The summed E-state index contributed by atoms with van der Waals surface area (Å²) in [6, 6.07) is 6.10. The molecule has 7 heteroatoms. The van der Waals surface area contributed by atoms with Crippen molar-refractivity contribution in [3.63, 3.8) is 0 Å². The van der Waals surface area contributed by atoms with Crippen molar-refractivity contribution in [1.82, 2.24) is 9.88 Å². The molecular weight excluding hydrogens is 333 g/mol. The summed E-state index contributed by atoms with van der Waals surface area (Å²) in [6.45, 7) is 2.41. The molecule has 1 aromatic carbocycles. The van der Waals surface area contributed by atoms with Crippen LogP contribution in [0.25, 0.3) is 11.1 Å². The molecule has 0 unspecified atom stereocenters. The zero-order chi connectivity index (χ0) is 18.0. The van der Waals surface area contributed by atoms with Gasteiger partial charge in [0.2, 0.25) is 0 Å². The van der Waals surface area contributed by atoms with E-state index >= 15 is 0 Å². The molecular formula is C18H17F3N2O2. The highest BCUT2D eigenvalue weighted by Gasteiger charge is 2.23. The van der Waals surface area contributed by atoms with E-state index in [2.05, 4.69) is 4.98 Å². The van der Waals surface area contributed by atoms with Crippen LogP contribution in [0.15, 0.2) is 30.5 Å². The average Bonchev–Trinajstić information content (AvgIpc) is 2.59. The molecule has 1 aromatic heterocycles. The molecule has 1 saturated heterocycles. The third-order valence-electron chi connectivity index (χ3n) is 4.12. The minimum atomic E-state index is -2.75. The first-order chi connectivity index (χ1) is 12.0. The smallest absolute Gasteiger partial charge is 0.410 e. The summed E-state index contributed by atoms with van der Waals surface area (Å²) in [7, 11) is 0. The number of rotatable bonds is 4. The number of nitrogens with zero attached hydrogens (tertiary/aromatic N) is 2. The lowest BCUT2D eigenvalue weighted by Gasteiger charge is -2.27. The van der Waals surface area contributed by atoms with E-state index < -0.39 is 12.5 Å². The Morgan fingerprint density at radius 3 is 2.76 bits per heavy atom. The Balaban J connectivity index is 1.96. The maximum Gasteiger partial charge on any atom is 0.410 e. The highest BCUT2D eigenvalue weighted by Crippen LogP contribution is 2.28. The Hall–Kier alpha value is -2.57. The summed E-state index contributed by atoms with van der Waals surface area (Å²) in [6.07, 6.45) is -1.28. The predicted octanol–water partition coefficient (Wildman–Crippen LogP) is 4.48. The Morgan fingerprint density at radius 2 is 2.08 bits per heavy atom. The molecule has 2 aromatic rings. The normalized spacial score (nSPS) is 14.8. The molecule has 1 aliphatic rings. The number of carbonyl (C=O) groups is 1. The highest BCUT2D eigenvalue weighted by atomic mass is 19.3. The largest absolute Gasteiger partial charge is 0.449 e. The zero-order valence-electron chi connectivity index (χ0n) is 13.6. The summed E-state index contributed by atoms with van der Waals surface area (Å²) >= 11 is 0. The van der Waals surface area contributed by atoms with Crippen LogP contribution in [0.3, 0.4) is 0 Å². The summed E-state index contributed by atoms with van der Waals surface area (Å²) in [5.41, 5.74) is 1.62. The van der Waals surface area contributed by atoms with Gasteiger partial charge in [-0.05, 0) is 48.2 Å². The van der Waals surface area contributed by atoms with Crippen LogP contribution >= 0.6 is 0 Å². The molecule has 0 saturated carbocycles. The number of hydrogen-bond donors (Lipinski definition) is 0. The quantitative estimate of drug-likeness (QED) is 0.817. The topological polar surface area (TPSA) is 42.4 Å². The lowest BCUT2D eigenvalue weighted by molar-refractivity contribution is 0.0689. The van der Waals surface area contributed by atoms with E-state index in [9.17, 15) is 18.0 Å². The molecule has 0 radical (unpaired) electrons. The van der Waals surface area contributed by atoms with Crippen LogP contribution in [0.1, 0.15) is 29.7 Å². The van der Waals surface area contributed by atoms with E-state index in [1.54, 1.807) is 25.1 Å². The van der Waals surface area contributed by atoms with Gasteiger partial charge in [0.1, 0.15) is 11.5 Å². The number of pyridine rings is 1. The molecule has 0 bridgehead atoms. The van der Waals surface area contributed by atoms with E-state index in [-0.39, 0.29) is 23.6 Å². The van der Waals surface area contributed by atoms with Crippen LogP contribution in [0.4, 0.5) is 18.0 Å². The van der Waals surface area contributed by atoms with Crippen molar-refractivity contribution in [2.45, 2.75) is 26.3 Å². The second-order valence-electron chi connectivity index (χ2n) is 5.92. The van der Waals surface area contributed by atoms with Gasteiger partial charge in [-0.25, -0.2) is 18.0 Å². The monoisotopic (exact) mass is 350 g/mol. The van der Waals surface area contributed by atoms with E-state index in [0.717, 1.165) is 0 Å². The minimum absolute atomic E-state index is 0.000473. The number of hydrogen-bond acceptors (Lipinski definition) is 3. The molecule has 1 amide bonds. The number of aromatic nitrogens is 1. The van der Waals surface area contributed by atoms with Gasteiger partial charge in [0.05, 0.1) is 13.2 Å². The summed E-state index contributed by atoms with van der Waals surface area (Å²) in [5, 5.41) is 0. The Morgan fingerprint density at radius 1 is 1.28 bits per heavy atom. The zero-order valence-corrected chi connectivity index (χ0v) is 13.6. The van der Waals surface area contributed by atoms with Gasteiger partial charge in [-0.15, -0.1) is 0 Å². The van der Waals surface area contributed by atoms with Crippen LogP contribution in [0.5, 0.6) is 0 Å². The number of benzene rings is 1. The van der Waals surface area contributed by atoms with Crippen molar-refractivity contribution in [3.8, 4) is 11.1 Å². The van der Waals surface area contributed by atoms with Gasteiger partial charge in [0, 0.05) is 18.3 Å². The van der Waals surface area contributed by atoms with Crippen LogP contribution in [0, 0.1) is 12.7 Å². The predicted molar refractivity (Wildman–Crippen MR) is 85.7 cm³/mol. The summed E-state index contributed by atoms with van der Waals surface area (Å²) in [4.78, 5) is 17.0. The van der Waals surface area contributed by atoms with Gasteiger partial charge in [0.25, 0.3) is 6.43 Å². The van der Waals surface area contributed by atoms with Gasteiger partial charge in [0.15, 0.2) is 0 Å². The Labute approximate surface area is 143 Å². The molecule has 0 atom stereocenters. The molecule has 0 N–H and O–H groups in total. The fraction of sp³-hybridized carbons (Fsp3) is 0.333. The second-order valence-corrected chi connectivity index (χ2v) is 5.92. The van der Waals surface area contributed by atoms with Crippen LogP contribution in [0.2, 0.25) is 0 Å². The van der Waals surface area contributed by atoms with Crippen molar-refractivity contribution < 1.29 is 22.7 Å². The van der Waals surface area contributed by atoms with Gasteiger partial charge in [-0.3, -0.25) is 4.98 Å². The molecule has 25 heavy (non-hydrogen) atoms. The molecule has 3 rings (SSSR count). The molecule has 0 spiro atoms. The molecule has 1 aliphatic heterocycles. The van der Waals surface area contributed by atoms with Gasteiger partial charge in [-0.2, -0.15) is 0 Å². The van der Waals surface area contributed by atoms with E-state index in [1.165, 1.54) is 17.2 Å². The van der Waals surface area contributed by atoms with E-state index in [0.29, 0.717) is 36.3 Å². The number of aryl methyl sites for hydroxylation is 1. The van der Waals surface area contributed by atoms with Crippen molar-refractivity contribution in [3.05, 3.63) is 53.1 Å². The molecule has 132 valence electrons. The maximum absolute atomic E-state index is 13.4. The number of ether oxygens (including phenoxy) is 1. The SMILES string of the molecule is Cc1cc(-c2cnc(C(F)F)c(CN3CCCOC3=O)c2)ccc1F. The maximum atomic E-state index is 13.4. The third-order valence-corrected chi connectivity index (χ3v) is 4.12.